The van der Waals surface area contributed by atoms with Gasteiger partial charge in [0.15, 0.2) is 0 Å². The fraction of sp³-hybridized carbons (Fsp3) is 0.188. The van der Waals surface area contributed by atoms with Crippen molar-refractivity contribution in [2.45, 2.75) is 6.92 Å². The van der Waals surface area contributed by atoms with Gasteiger partial charge < -0.3 is 10.2 Å². The van der Waals surface area contributed by atoms with Gasteiger partial charge in [0.2, 0.25) is 0 Å². The smallest absolute Gasteiger partial charge is 0.256 e. The number of nitrogens with one attached hydrogen (secondary N) is 1. The highest BCUT2D eigenvalue weighted by molar-refractivity contribution is 9.10. The van der Waals surface area contributed by atoms with Crippen LogP contribution in [0.15, 0.2) is 40.9 Å². The van der Waals surface area contributed by atoms with Crippen molar-refractivity contribution in [3.63, 3.8) is 0 Å². The van der Waals surface area contributed by atoms with Gasteiger partial charge in [-0.05, 0) is 42.8 Å². The van der Waals surface area contributed by atoms with Crippen LogP contribution in [0.25, 0.3) is 0 Å². The van der Waals surface area contributed by atoms with Gasteiger partial charge in [-0.3, -0.25) is 4.79 Å². The van der Waals surface area contributed by atoms with Crippen LogP contribution in [0.5, 0.6) is 0 Å². The summed E-state index contributed by atoms with van der Waals surface area (Å²) in [5.74, 6) is -0.154. The second kappa shape index (κ2) is 6.50. The minimum atomic E-state index is -0.154. The Labute approximate surface area is 138 Å². The van der Waals surface area contributed by atoms with Crippen LogP contribution in [0.1, 0.15) is 15.9 Å². The lowest BCUT2D eigenvalue weighted by atomic mass is 10.1. The van der Waals surface area contributed by atoms with Crippen molar-refractivity contribution >= 4 is 44.8 Å². The van der Waals surface area contributed by atoms with Crippen molar-refractivity contribution in [3.8, 4) is 0 Å². The molecule has 2 aromatic carbocycles. The Bertz CT molecular complexity index is 686. The Kier molecular flexibility index (Phi) is 4.91. The standard InChI is InChI=1S/C16H16BrClN2O/c1-10-12(5-4-6-13(10)17)16(21)19-14-9-11(18)7-8-15(14)20(2)3/h4-9H,1-3H3,(H,19,21). The molecule has 110 valence electrons. The largest absolute Gasteiger partial charge is 0.376 e. The van der Waals surface area contributed by atoms with Crippen molar-refractivity contribution in [1.29, 1.82) is 0 Å². The molecule has 2 rings (SSSR count). The lowest BCUT2D eigenvalue weighted by Gasteiger charge is -2.18. The molecule has 0 fully saturated rings. The average Bonchev–Trinajstić information content (AvgIpc) is 2.41. The Morgan fingerprint density at radius 2 is 1.95 bits per heavy atom. The molecule has 0 spiro atoms. The molecule has 0 atom stereocenters. The summed E-state index contributed by atoms with van der Waals surface area (Å²) < 4.78 is 0.911. The minimum absolute atomic E-state index is 0.154. The van der Waals surface area contributed by atoms with Gasteiger partial charge in [0.05, 0.1) is 11.4 Å². The van der Waals surface area contributed by atoms with Gasteiger partial charge in [0, 0.05) is 29.2 Å². The number of hydrogen-bond donors (Lipinski definition) is 1. The van der Waals surface area contributed by atoms with Crippen molar-refractivity contribution in [2.24, 2.45) is 0 Å². The molecule has 0 aromatic heterocycles. The van der Waals surface area contributed by atoms with Gasteiger partial charge >= 0.3 is 0 Å². The number of anilines is 2. The molecule has 0 heterocycles. The van der Waals surface area contributed by atoms with E-state index in [0.717, 1.165) is 15.7 Å². The monoisotopic (exact) mass is 366 g/mol. The molecule has 0 radical (unpaired) electrons. The number of hydrogen-bond acceptors (Lipinski definition) is 2. The summed E-state index contributed by atoms with van der Waals surface area (Å²) in [6.45, 7) is 1.91. The molecule has 0 aliphatic heterocycles. The van der Waals surface area contributed by atoms with Crippen LogP contribution in [0.4, 0.5) is 11.4 Å². The van der Waals surface area contributed by atoms with E-state index in [2.05, 4.69) is 21.2 Å². The van der Waals surface area contributed by atoms with Crippen LogP contribution < -0.4 is 10.2 Å². The van der Waals surface area contributed by atoms with Crippen LogP contribution in [0, 0.1) is 6.92 Å². The molecule has 3 nitrogen and oxygen atoms in total. The molecule has 5 heteroatoms. The van der Waals surface area contributed by atoms with Crippen LogP contribution >= 0.6 is 27.5 Å². The maximum absolute atomic E-state index is 12.5. The first-order valence-electron chi connectivity index (χ1n) is 6.43. The van der Waals surface area contributed by atoms with E-state index in [0.29, 0.717) is 16.3 Å². The van der Waals surface area contributed by atoms with Gasteiger partial charge in [-0.1, -0.05) is 33.6 Å². The molecule has 0 saturated heterocycles. The predicted octanol–water partition coefficient (Wildman–Crippen LogP) is 4.73. The average molecular weight is 368 g/mol. The van der Waals surface area contributed by atoms with Gasteiger partial charge in [-0.25, -0.2) is 0 Å². The third-order valence-electron chi connectivity index (χ3n) is 3.20. The first-order chi connectivity index (χ1) is 9.90. The fourth-order valence-corrected chi connectivity index (χ4v) is 2.58. The summed E-state index contributed by atoms with van der Waals surface area (Å²) in [7, 11) is 3.84. The number of carbonyl (C=O) groups is 1. The van der Waals surface area contributed by atoms with E-state index < -0.39 is 0 Å². The Morgan fingerprint density at radius 1 is 1.24 bits per heavy atom. The third-order valence-corrected chi connectivity index (χ3v) is 4.30. The summed E-state index contributed by atoms with van der Waals surface area (Å²) in [4.78, 5) is 14.4. The number of amides is 1. The zero-order chi connectivity index (χ0) is 15.6. The molecular formula is C16H16BrClN2O. The predicted molar refractivity (Wildman–Crippen MR) is 92.6 cm³/mol. The molecule has 1 N–H and O–H groups in total. The van der Waals surface area contributed by atoms with E-state index in [1.54, 1.807) is 18.2 Å². The molecule has 0 saturated carbocycles. The first kappa shape index (κ1) is 15.9. The number of nitrogens with zero attached hydrogens (tertiary/aromatic N) is 1. The van der Waals surface area contributed by atoms with E-state index in [9.17, 15) is 4.79 Å². The molecule has 21 heavy (non-hydrogen) atoms. The van der Waals surface area contributed by atoms with Crippen molar-refractivity contribution in [2.75, 3.05) is 24.3 Å². The zero-order valence-electron chi connectivity index (χ0n) is 12.1. The van der Waals surface area contributed by atoms with E-state index in [1.165, 1.54) is 0 Å². The number of carbonyl (C=O) groups excluding carboxylic acids is 1. The quantitative estimate of drug-likeness (QED) is 0.850. The maximum Gasteiger partial charge on any atom is 0.256 e. The van der Waals surface area contributed by atoms with E-state index in [4.69, 9.17) is 11.6 Å². The summed E-state index contributed by atoms with van der Waals surface area (Å²) in [6, 6.07) is 11.0. The Hall–Kier alpha value is -1.52. The van der Waals surface area contributed by atoms with Gasteiger partial charge in [-0.2, -0.15) is 0 Å². The van der Waals surface area contributed by atoms with Crippen LogP contribution in [-0.4, -0.2) is 20.0 Å². The number of halogens is 2. The van der Waals surface area contributed by atoms with E-state index >= 15 is 0 Å². The van der Waals surface area contributed by atoms with Crippen LogP contribution in [0.2, 0.25) is 5.02 Å². The van der Waals surface area contributed by atoms with E-state index in [1.807, 2.05) is 44.1 Å². The van der Waals surface area contributed by atoms with E-state index in [-0.39, 0.29) is 5.91 Å². The lowest BCUT2D eigenvalue weighted by molar-refractivity contribution is 0.102. The lowest BCUT2D eigenvalue weighted by Crippen LogP contribution is -2.17. The molecule has 2 aromatic rings. The zero-order valence-corrected chi connectivity index (χ0v) is 14.4. The number of rotatable bonds is 3. The second-order valence-electron chi connectivity index (χ2n) is 4.92. The van der Waals surface area contributed by atoms with Gasteiger partial charge in [0.1, 0.15) is 0 Å². The van der Waals surface area contributed by atoms with Crippen molar-refractivity contribution in [3.05, 3.63) is 57.0 Å². The number of benzene rings is 2. The third kappa shape index (κ3) is 3.57. The van der Waals surface area contributed by atoms with Gasteiger partial charge in [-0.15, -0.1) is 0 Å². The SMILES string of the molecule is Cc1c(Br)cccc1C(=O)Nc1cc(Cl)ccc1N(C)C. The van der Waals surface area contributed by atoms with Gasteiger partial charge in [0.25, 0.3) is 5.91 Å². The van der Waals surface area contributed by atoms with Crippen LogP contribution in [0.3, 0.4) is 0 Å². The molecular weight excluding hydrogens is 352 g/mol. The van der Waals surface area contributed by atoms with Crippen molar-refractivity contribution < 1.29 is 4.79 Å². The van der Waals surface area contributed by atoms with Crippen molar-refractivity contribution in [1.82, 2.24) is 0 Å². The minimum Gasteiger partial charge on any atom is -0.376 e. The summed E-state index contributed by atoms with van der Waals surface area (Å²) in [5, 5.41) is 3.52. The highest BCUT2D eigenvalue weighted by Gasteiger charge is 2.14. The Morgan fingerprint density at radius 3 is 2.62 bits per heavy atom. The van der Waals surface area contributed by atoms with Crippen LogP contribution in [-0.2, 0) is 0 Å². The first-order valence-corrected chi connectivity index (χ1v) is 7.60. The maximum atomic E-state index is 12.5. The summed E-state index contributed by atoms with van der Waals surface area (Å²) >= 11 is 9.47. The molecule has 0 unspecified atom stereocenters. The fourth-order valence-electron chi connectivity index (χ4n) is 2.04. The normalized spacial score (nSPS) is 10.3. The molecule has 0 aliphatic rings. The molecule has 1 amide bonds. The molecule has 0 aliphatic carbocycles. The molecule has 0 bridgehead atoms. The summed E-state index contributed by atoms with van der Waals surface area (Å²) in [6.07, 6.45) is 0. The highest BCUT2D eigenvalue weighted by Crippen LogP contribution is 2.29. The summed E-state index contributed by atoms with van der Waals surface area (Å²) in [5.41, 5.74) is 3.13. The topological polar surface area (TPSA) is 32.3 Å². The second-order valence-corrected chi connectivity index (χ2v) is 6.21. The Balaban J connectivity index is 2.36. The highest BCUT2D eigenvalue weighted by atomic mass is 79.9.